The van der Waals surface area contributed by atoms with Crippen molar-refractivity contribution >= 4 is 10.9 Å². The van der Waals surface area contributed by atoms with Gasteiger partial charge in [0.15, 0.2) is 6.20 Å². The number of ether oxygens (including phenoxy) is 1. The van der Waals surface area contributed by atoms with Crippen LogP contribution < -0.4 is 9.47 Å². The van der Waals surface area contributed by atoms with Gasteiger partial charge in [-0.2, -0.15) is 4.73 Å². The van der Waals surface area contributed by atoms with E-state index in [0.717, 1.165) is 26.8 Å². The number of hydrogen-bond acceptors (Lipinski definition) is 2. The molecule has 0 aliphatic carbocycles. The van der Waals surface area contributed by atoms with Crippen molar-refractivity contribution in [2.75, 3.05) is 7.11 Å². The summed E-state index contributed by atoms with van der Waals surface area (Å²) in [5.41, 5.74) is 3.94. The van der Waals surface area contributed by atoms with Crippen LogP contribution in [0.4, 0.5) is 4.39 Å². The molecule has 0 fully saturated rings. The first-order chi connectivity index (χ1) is 11.4. The molecule has 3 nitrogen and oxygen atoms in total. The average Bonchev–Trinajstić information content (AvgIpc) is 2.57. The summed E-state index contributed by atoms with van der Waals surface area (Å²) in [6.45, 7) is 5.84. The van der Waals surface area contributed by atoms with Gasteiger partial charge in [0.25, 0.3) is 0 Å². The van der Waals surface area contributed by atoms with Crippen LogP contribution in [0.5, 0.6) is 5.75 Å². The molecule has 3 aromatic rings. The molecule has 0 amide bonds. The molecule has 3 rings (SSSR count). The minimum absolute atomic E-state index is 0.164. The van der Waals surface area contributed by atoms with Crippen molar-refractivity contribution < 1.29 is 13.9 Å². The third kappa shape index (κ3) is 2.68. The fourth-order valence-electron chi connectivity index (χ4n) is 3.01. The average molecular weight is 325 g/mol. The second kappa shape index (κ2) is 6.11. The molecular weight excluding hydrogens is 305 g/mol. The summed E-state index contributed by atoms with van der Waals surface area (Å²) in [4.78, 5) is 0. The van der Waals surface area contributed by atoms with Gasteiger partial charge in [-0.3, -0.25) is 0 Å². The number of rotatable bonds is 3. The number of aromatic nitrogens is 1. The lowest BCUT2D eigenvalue weighted by Crippen LogP contribution is -2.28. The predicted octanol–water partition coefficient (Wildman–Crippen LogP) is 4.72. The molecule has 1 aromatic heterocycles. The van der Waals surface area contributed by atoms with Gasteiger partial charge >= 0.3 is 0 Å². The molecule has 124 valence electrons. The maximum atomic E-state index is 13.7. The number of benzene rings is 2. The van der Waals surface area contributed by atoms with Crippen molar-refractivity contribution in [3.05, 3.63) is 64.7 Å². The highest BCUT2D eigenvalue weighted by Crippen LogP contribution is 2.36. The molecule has 0 saturated carbocycles. The summed E-state index contributed by atoms with van der Waals surface area (Å²) in [5.74, 6) is 0.563. The summed E-state index contributed by atoms with van der Waals surface area (Å²) in [5, 5.41) is 13.3. The quantitative estimate of drug-likeness (QED) is 0.516. The molecular formula is C20H20FNO2. The van der Waals surface area contributed by atoms with Crippen LogP contribution >= 0.6 is 0 Å². The van der Waals surface area contributed by atoms with Crippen molar-refractivity contribution in [1.29, 1.82) is 0 Å². The van der Waals surface area contributed by atoms with Crippen molar-refractivity contribution in [3.8, 4) is 16.9 Å². The SMILES string of the molecule is COc1ccc2c(-c3ccc(F)c(C)c3)c(C(C)C)c[n+]([O-])c2c1. The van der Waals surface area contributed by atoms with E-state index in [0.29, 0.717) is 16.8 Å². The number of aryl methyl sites for hydroxylation is 1. The van der Waals surface area contributed by atoms with Crippen LogP contribution in [-0.2, 0) is 0 Å². The van der Waals surface area contributed by atoms with Crippen molar-refractivity contribution in [1.82, 2.24) is 0 Å². The first-order valence-electron chi connectivity index (χ1n) is 7.92. The lowest BCUT2D eigenvalue weighted by atomic mass is 9.90. The molecule has 0 radical (unpaired) electrons. The molecule has 0 atom stereocenters. The third-order valence-electron chi connectivity index (χ3n) is 4.33. The Morgan fingerprint density at radius 2 is 1.88 bits per heavy atom. The molecule has 0 saturated heterocycles. The number of hydrogen-bond donors (Lipinski definition) is 0. The molecule has 24 heavy (non-hydrogen) atoms. The Hall–Kier alpha value is -2.62. The normalized spacial score (nSPS) is 11.2. The molecule has 0 N–H and O–H groups in total. The molecule has 0 unspecified atom stereocenters. The van der Waals surface area contributed by atoms with Crippen LogP contribution in [0.25, 0.3) is 22.0 Å². The van der Waals surface area contributed by atoms with Crippen molar-refractivity contribution in [2.24, 2.45) is 0 Å². The Bertz CT molecular complexity index is 919. The van der Waals surface area contributed by atoms with Gasteiger partial charge in [0.05, 0.1) is 18.6 Å². The zero-order valence-corrected chi connectivity index (χ0v) is 14.3. The van der Waals surface area contributed by atoms with Gasteiger partial charge in [-0.1, -0.05) is 19.9 Å². The zero-order valence-electron chi connectivity index (χ0n) is 14.3. The number of pyridine rings is 1. The molecule has 1 heterocycles. The molecule has 0 aliphatic heterocycles. The van der Waals surface area contributed by atoms with Crippen LogP contribution in [0.15, 0.2) is 42.6 Å². The van der Waals surface area contributed by atoms with Gasteiger partial charge < -0.3 is 9.94 Å². The lowest BCUT2D eigenvalue weighted by molar-refractivity contribution is -0.577. The number of methoxy groups -OCH3 is 1. The van der Waals surface area contributed by atoms with Crippen LogP contribution in [0.1, 0.15) is 30.9 Å². The Kier molecular flexibility index (Phi) is 4.14. The standard InChI is InChI=1S/C20H20FNO2/c1-12(2)17-11-22(23)19-10-15(24-4)6-7-16(19)20(17)14-5-8-18(21)13(3)9-14/h5-12H,1-4H3. The Morgan fingerprint density at radius 3 is 2.50 bits per heavy atom. The van der Waals surface area contributed by atoms with E-state index in [1.807, 2.05) is 32.0 Å². The second-order valence-electron chi connectivity index (χ2n) is 6.29. The Labute approximate surface area is 140 Å². The van der Waals surface area contributed by atoms with Crippen molar-refractivity contribution in [3.63, 3.8) is 0 Å². The van der Waals surface area contributed by atoms with Gasteiger partial charge in [0.1, 0.15) is 11.6 Å². The second-order valence-corrected chi connectivity index (χ2v) is 6.29. The van der Waals surface area contributed by atoms with E-state index in [9.17, 15) is 9.60 Å². The van der Waals surface area contributed by atoms with E-state index in [2.05, 4.69) is 0 Å². The van der Waals surface area contributed by atoms with E-state index in [-0.39, 0.29) is 11.7 Å². The summed E-state index contributed by atoms with van der Waals surface area (Å²) >= 11 is 0. The van der Waals surface area contributed by atoms with E-state index in [4.69, 9.17) is 4.74 Å². The summed E-state index contributed by atoms with van der Waals surface area (Å²) in [7, 11) is 1.57. The summed E-state index contributed by atoms with van der Waals surface area (Å²) < 4.78 is 19.8. The topological polar surface area (TPSA) is 36.2 Å². The summed E-state index contributed by atoms with van der Waals surface area (Å²) in [6.07, 6.45) is 1.61. The van der Waals surface area contributed by atoms with Crippen LogP contribution in [0, 0.1) is 17.9 Å². The van der Waals surface area contributed by atoms with Gasteiger partial charge in [0, 0.05) is 11.1 Å². The number of fused-ring (bicyclic) bond motifs is 1. The maximum absolute atomic E-state index is 13.7. The number of halogens is 1. The van der Waals surface area contributed by atoms with E-state index in [1.54, 1.807) is 32.4 Å². The smallest absolute Gasteiger partial charge is 0.228 e. The molecule has 0 spiro atoms. The fraction of sp³-hybridized carbons (Fsp3) is 0.250. The molecule has 2 aromatic carbocycles. The summed E-state index contributed by atoms with van der Waals surface area (Å²) in [6, 6.07) is 10.5. The van der Waals surface area contributed by atoms with Gasteiger partial charge in [-0.25, -0.2) is 4.39 Å². The monoisotopic (exact) mass is 325 g/mol. The first kappa shape index (κ1) is 16.2. The van der Waals surface area contributed by atoms with Gasteiger partial charge in [0.2, 0.25) is 5.52 Å². The zero-order chi connectivity index (χ0) is 17.4. The minimum atomic E-state index is -0.231. The maximum Gasteiger partial charge on any atom is 0.228 e. The van der Waals surface area contributed by atoms with Gasteiger partial charge in [-0.15, -0.1) is 0 Å². The van der Waals surface area contributed by atoms with Gasteiger partial charge in [-0.05, 0) is 48.2 Å². The third-order valence-corrected chi connectivity index (χ3v) is 4.33. The van der Waals surface area contributed by atoms with Crippen LogP contribution in [-0.4, -0.2) is 7.11 Å². The highest BCUT2D eigenvalue weighted by molar-refractivity contribution is 5.95. The molecule has 0 aliphatic rings. The van der Waals surface area contributed by atoms with Crippen molar-refractivity contribution in [2.45, 2.75) is 26.7 Å². The fourth-order valence-corrected chi connectivity index (χ4v) is 3.01. The van der Waals surface area contributed by atoms with Crippen LogP contribution in [0.3, 0.4) is 0 Å². The van der Waals surface area contributed by atoms with Crippen LogP contribution in [0.2, 0.25) is 0 Å². The minimum Gasteiger partial charge on any atom is -0.618 e. The Balaban J connectivity index is 2.40. The Morgan fingerprint density at radius 1 is 1.12 bits per heavy atom. The van der Waals surface area contributed by atoms with E-state index >= 15 is 0 Å². The lowest BCUT2D eigenvalue weighted by Gasteiger charge is -2.16. The number of nitrogens with zero attached hydrogens (tertiary/aromatic N) is 1. The largest absolute Gasteiger partial charge is 0.618 e. The van der Waals surface area contributed by atoms with E-state index in [1.165, 1.54) is 6.07 Å². The highest BCUT2D eigenvalue weighted by atomic mass is 19.1. The molecule has 4 heteroatoms. The highest BCUT2D eigenvalue weighted by Gasteiger charge is 2.20. The molecule has 0 bridgehead atoms. The predicted molar refractivity (Wildman–Crippen MR) is 93.7 cm³/mol. The van der Waals surface area contributed by atoms with E-state index < -0.39 is 0 Å². The first-order valence-corrected chi connectivity index (χ1v) is 7.92.